The van der Waals surface area contributed by atoms with Gasteiger partial charge in [-0.1, -0.05) is 11.6 Å². The molecular weight excluding hydrogens is 226 g/mol. The summed E-state index contributed by atoms with van der Waals surface area (Å²) < 4.78 is 10.7. The van der Waals surface area contributed by atoms with Gasteiger partial charge in [-0.25, -0.2) is 0 Å². The van der Waals surface area contributed by atoms with Crippen LogP contribution in [-0.4, -0.2) is 7.11 Å². The minimum absolute atomic E-state index is 0.394. The van der Waals surface area contributed by atoms with Gasteiger partial charge in [0.15, 0.2) is 0 Å². The summed E-state index contributed by atoms with van der Waals surface area (Å²) in [6, 6.07) is 9.23. The zero-order chi connectivity index (χ0) is 11.5. The normalized spacial score (nSPS) is 10.4. The topological polar surface area (TPSA) is 48.4 Å². The number of methoxy groups -OCH3 is 1. The number of hydrogen-bond acceptors (Lipinski definition) is 3. The van der Waals surface area contributed by atoms with E-state index in [-0.39, 0.29) is 0 Å². The van der Waals surface area contributed by atoms with E-state index in [2.05, 4.69) is 0 Å². The fraction of sp³-hybridized carbons (Fsp3) is 0.167. The third-order valence-electron chi connectivity index (χ3n) is 2.30. The first kappa shape index (κ1) is 11.0. The van der Waals surface area contributed by atoms with Gasteiger partial charge in [-0.3, -0.25) is 0 Å². The van der Waals surface area contributed by atoms with Crippen molar-refractivity contribution in [3.63, 3.8) is 0 Å². The Balaban J connectivity index is 2.40. The molecule has 3 nitrogen and oxygen atoms in total. The summed E-state index contributed by atoms with van der Waals surface area (Å²) in [7, 11) is 1.58. The van der Waals surface area contributed by atoms with Crippen molar-refractivity contribution >= 4 is 11.6 Å². The Bertz CT molecular complexity index is 494. The highest BCUT2D eigenvalue weighted by atomic mass is 35.5. The molecule has 0 radical (unpaired) electrons. The molecule has 0 saturated carbocycles. The van der Waals surface area contributed by atoms with Gasteiger partial charge in [-0.05, 0) is 30.3 Å². The minimum Gasteiger partial charge on any atom is -0.495 e. The van der Waals surface area contributed by atoms with E-state index in [0.717, 1.165) is 17.1 Å². The van der Waals surface area contributed by atoms with E-state index in [0.29, 0.717) is 17.3 Å². The molecule has 16 heavy (non-hydrogen) atoms. The van der Waals surface area contributed by atoms with Crippen LogP contribution in [0.25, 0.3) is 11.3 Å². The van der Waals surface area contributed by atoms with Crippen LogP contribution in [0, 0.1) is 0 Å². The highest BCUT2D eigenvalue weighted by Crippen LogP contribution is 2.31. The molecule has 1 aromatic heterocycles. The molecule has 0 atom stereocenters. The molecule has 4 heteroatoms. The SMILES string of the molecule is COc1cc(-c2ccc(CN)o2)ccc1Cl. The lowest BCUT2D eigenvalue weighted by atomic mass is 10.1. The molecule has 0 aliphatic rings. The van der Waals surface area contributed by atoms with Crippen LogP contribution >= 0.6 is 11.6 Å². The lowest BCUT2D eigenvalue weighted by Crippen LogP contribution is -1.92. The maximum Gasteiger partial charge on any atom is 0.138 e. The van der Waals surface area contributed by atoms with Crippen LogP contribution in [0.3, 0.4) is 0 Å². The first-order valence-corrected chi connectivity index (χ1v) is 5.25. The average Bonchev–Trinajstić information content (AvgIpc) is 2.78. The van der Waals surface area contributed by atoms with E-state index < -0.39 is 0 Å². The molecule has 2 rings (SSSR count). The smallest absolute Gasteiger partial charge is 0.138 e. The highest BCUT2D eigenvalue weighted by Gasteiger charge is 2.07. The second-order valence-electron chi connectivity index (χ2n) is 3.32. The summed E-state index contributed by atoms with van der Waals surface area (Å²) in [5.41, 5.74) is 6.40. The quantitative estimate of drug-likeness (QED) is 0.893. The van der Waals surface area contributed by atoms with Crippen molar-refractivity contribution in [1.82, 2.24) is 0 Å². The molecule has 0 aliphatic carbocycles. The van der Waals surface area contributed by atoms with E-state index >= 15 is 0 Å². The van der Waals surface area contributed by atoms with E-state index in [1.807, 2.05) is 24.3 Å². The van der Waals surface area contributed by atoms with Gasteiger partial charge in [0.1, 0.15) is 17.3 Å². The van der Waals surface area contributed by atoms with E-state index in [1.54, 1.807) is 13.2 Å². The van der Waals surface area contributed by atoms with Crippen LogP contribution in [0.5, 0.6) is 5.75 Å². The number of ether oxygens (including phenoxy) is 1. The summed E-state index contributed by atoms with van der Waals surface area (Å²) in [6.07, 6.45) is 0. The van der Waals surface area contributed by atoms with Gasteiger partial charge in [-0.15, -0.1) is 0 Å². The third kappa shape index (κ3) is 2.05. The Morgan fingerprint density at radius 2 is 2.12 bits per heavy atom. The number of halogens is 1. The van der Waals surface area contributed by atoms with Crippen molar-refractivity contribution in [3.05, 3.63) is 41.1 Å². The summed E-state index contributed by atoms with van der Waals surface area (Å²) in [4.78, 5) is 0. The first-order chi connectivity index (χ1) is 7.74. The van der Waals surface area contributed by atoms with Gasteiger partial charge in [0.05, 0.1) is 18.7 Å². The summed E-state index contributed by atoms with van der Waals surface area (Å²) >= 11 is 5.94. The Labute approximate surface area is 98.8 Å². The zero-order valence-electron chi connectivity index (χ0n) is 8.87. The van der Waals surface area contributed by atoms with Crippen LogP contribution in [0.1, 0.15) is 5.76 Å². The average molecular weight is 238 g/mol. The first-order valence-electron chi connectivity index (χ1n) is 4.87. The highest BCUT2D eigenvalue weighted by molar-refractivity contribution is 6.32. The van der Waals surface area contributed by atoms with Crippen molar-refractivity contribution in [2.24, 2.45) is 5.73 Å². The second kappa shape index (κ2) is 4.60. The van der Waals surface area contributed by atoms with Crippen molar-refractivity contribution in [1.29, 1.82) is 0 Å². The summed E-state index contributed by atoms with van der Waals surface area (Å²) in [6.45, 7) is 0.394. The van der Waals surface area contributed by atoms with Crippen molar-refractivity contribution in [3.8, 4) is 17.1 Å². The van der Waals surface area contributed by atoms with Gasteiger partial charge < -0.3 is 14.9 Å². The molecule has 0 fully saturated rings. The van der Waals surface area contributed by atoms with Crippen molar-refractivity contribution in [2.45, 2.75) is 6.54 Å². The molecule has 0 spiro atoms. The lowest BCUT2D eigenvalue weighted by Gasteiger charge is -2.04. The van der Waals surface area contributed by atoms with Crippen LogP contribution in [0.2, 0.25) is 5.02 Å². The Morgan fingerprint density at radius 1 is 1.31 bits per heavy atom. The van der Waals surface area contributed by atoms with Gasteiger partial charge >= 0.3 is 0 Å². The van der Waals surface area contributed by atoms with E-state index in [9.17, 15) is 0 Å². The Kier molecular flexibility index (Phi) is 3.17. The molecule has 1 aromatic carbocycles. The predicted molar refractivity (Wildman–Crippen MR) is 63.6 cm³/mol. The predicted octanol–water partition coefficient (Wildman–Crippen LogP) is 3.07. The zero-order valence-corrected chi connectivity index (χ0v) is 9.62. The van der Waals surface area contributed by atoms with Crippen LogP contribution in [-0.2, 0) is 6.54 Å². The largest absolute Gasteiger partial charge is 0.495 e. The number of rotatable bonds is 3. The number of furan rings is 1. The van der Waals surface area contributed by atoms with Crippen molar-refractivity contribution < 1.29 is 9.15 Å². The van der Waals surface area contributed by atoms with Gasteiger partial charge in [0.2, 0.25) is 0 Å². The van der Waals surface area contributed by atoms with Crippen molar-refractivity contribution in [2.75, 3.05) is 7.11 Å². The maximum absolute atomic E-state index is 5.94. The molecule has 0 amide bonds. The van der Waals surface area contributed by atoms with Gasteiger partial charge in [-0.2, -0.15) is 0 Å². The van der Waals surface area contributed by atoms with Gasteiger partial charge in [0, 0.05) is 5.56 Å². The molecule has 0 saturated heterocycles. The molecule has 2 aromatic rings. The molecule has 84 valence electrons. The molecular formula is C12H12ClNO2. The maximum atomic E-state index is 5.94. The lowest BCUT2D eigenvalue weighted by molar-refractivity contribution is 0.415. The minimum atomic E-state index is 0.394. The second-order valence-corrected chi connectivity index (χ2v) is 3.73. The monoisotopic (exact) mass is 237 g/mol. The molecule has 0 bridgehead atoms. The Hall–Kier alpha value is -1.45. The van der Waals surface area contributed by atoms with E-state index in [4.69, 9.17) is 26.5 Å². The molecule has 1 heterocycles. The van der Waals surface area contributed by atoms with Gasteiger partial charge in [0.25, 0.3) is 0 Å². The number of nitrogens with two attached hydrogens (primary N) is 1. The number of benzene rings is 1. The van der Waals surface area contributed by atoms with Crippen LogP contribution in [0.15, 0.2) is 34.7 Å². The number of hydrogen-bond donors (Lipinski definition) is 1. The third-order valence-corrected chi connectivity index (χ3v) is 2.61. The standard InChI is InChI=1S/C12H12ClNO2/c1-15-12-6-8(2-4-10(12)13)11-5-3-9(7-14)16-11/h2-6H,7,14H2,1H3. The summed E-state index contributed by atoms with van der Waals surface area (Å²) in [5, 5.41) is 0.580. The molecule has 0 unspecified atom stereocenters. The molecule has 0 aliphatic heterocycles. The van der Waals surface area contributed by atoms with Crippen LogP contribution < -0.4 is 10.5 Å². The fourth-order valence-corrected chi connectivity index (χ4v) is 1.65. The fourth-order valence-electron chi connectivity index (χ4n) is 1.46. The van der Waals surface area contributed by atoms with Crippen LogP contribution in [0.4, 0.5) is 0 Å². The van der Waals surface area contributed by atoms with E-state index in [1.165, 1.54) is 0 Å². The Morgan fingerprint density at radius 3 is 2.75 bits per heavy atom. The summed E-state index contributed by atoms with van der Waals surface area (Å²) in [5.74, 6) is 2.14. The molecule has 2 N–H and O–H groups in total.